The minimum absolute atomic E-state index is 0.943. The monoisotopic (exact) mass is 217 g/mol. The second-order valence-corrected chi connectivity index (χ2v) is 4.67. The lowest BCUT2D eigenvalue weighted by Crippen LogP contribution is -2.02. The number of anilines is 1. The van der Waals surface area contributed by atoms with Crippen LogP contribution < -0.4 is 5.73 Å². The smallest absolute Gasteiger partial charge is 0.0382 e. The van der Waals surface area contributed by atoms with Gasteiger partial charge in [-0.25, -0.2) is 0 Å². The molecule has 0 aliphatic heterocycles. The van der Waals surface area contributed by atoms with Crippen LogP contribution in [0.3, 0.4) is 0 Å². The van der Waals surface area contributed by atoms with Crippen LogP contribution in [-0.2, 0) is 0 Å². The second-order valence-electron chi connectivity index (χ2n) is 4.67. The van der Waals surface area contributed by atoms with Crippen molar-refractivity contribution in [3.05, 3.63) is 33.4 Å². The van der Waals surface area contributed by atoms with Crippen LogP contribution in [0.2, 0.25) is 0 Å². The van der Waals surface area contributed by atoms with Crippen molar-refractivity contribution in [2.24, 2.45) is 0 Å². The fourth-order valence-electron chi connectivity index (χ4n) is 1.96. The summed E-state index contributed by atoms with van der Waals surface area (Å²) in [7, 11) is 0. The number of hydrogen-bond donors (Lipinski definition) is 1. The minimum atomic E-state index is 0.943. The highest BCUT2D eigenvalue weighted by atomic mass is 14.6. The molecule has 0 saturated heterocycles. The van der Waals surface area contributed by atoms with Crippen LogP contribution in [0.25, 0.3) is 6.08 Å². The number of nitrogen functional groups attached to an aromatic ring is 1. The van der Waals surface area contributed by atoms with Crippen molar-refractivity contribution in [3.63, 3.8) is 0 Å². The van der Waals surface area contributed by atoms with E-state index >= 15 is 0 Å². The van der Waals surface area contributed by atoms with E-state index in [9.17, 15) is 0 Å². The summed E-state index contributed by atoms with van der Waals surface area (Å²) in [5.74, 6) is 0. The predicted octanol–water partition coefficient (Wildman–Crippen LogP) is 4.32. The second kappa shape index (κ2) is 4.73. The highest BCUT2D eigenvalue weighted by Gasteiger charge is 2.10. The van der Waals surface area contributed by atoms with E-state index in [2.05, 4.69) is 47.6 Å². The van der Waals surface area contributed by atoms with Crippen LogP contribution in [0.5, 0.6) is 0 Å². The summed E-state index contributed by atoms with van der Waals surface area (Å²) in [6, 6.07) is 0. The van der Waals surface area contributed by atoms with E-state index in [1.54, 1.807) is 0 Å². The van der Waals surface area contributed by atoms with Gasteiger partial charge in [0.25, 0.3) is 0 Å². The summed E-state index contributed by atoms with van der Waals surface area (Å²) in [5, 5.41) is 0. The third-order valence-electron chi connectivity index (χ3n) is 3.69. The first kappa shape index (κ1) is 12.8. The molecule has 1 aromatic carbocycles. The molecule has 0 bridgehead atoms. The molecule has 0 atom stereocenters. The first-order valence-electron chi connectivity index (χ1n) is 5.93. The molecule has 0 saturated carbocycles. The summed E-state index contributed by atoms with van der Waals surface area (Å²) in [4.78, 5) is 0. The van der Waals surface area contributed by atoms with Crippen molar-refractivity contribution in [2.75, 3.05) is 5.73 Å². The van der Waals surface area contributed by atoms with Crippen LogP contribution in [0.1, 0.15) is 48.1 Å². The van der Waals surface area contributed by atoms with Crippen molar-refractivity contribution >= 4 is 11.8 Å². The van der Waals surface area contributed by atoms with Crippen LogP contribution in [0.4, 0.5) is 5.69 Å². The van der Waals surface area contributed by atoms with Gasteiger partial charge in [-0.15, -0.1) is 0 Å². The van der Waals surface area contributed by atoms with Crippen molar-refractivity contribution in [2.45, 2.75) is 48.0 Å². The third-order valence-corrected chi connectivity index (χ3v) is 3.69. The molecule has 0 unspecified atom stereocenters. The summed E-state index contributed by atoms with van der Waals surface area (Å²) < 4.78 is 0. The number of rotatable bonds is 2. The Balaban J connectivity index is 3.52. The third kappa shape index (κ3) is 2.13. The lowest BCUT2D eigenvalue weighted by molar-refractivity contribution is 1.11. The zero-order valence-corrected chi connectivity index (χ0v) is 11.4. The Labute approximate surface area is 99.4 Å². The lowest BCUT2D eigenvalue weighted by Gasteiger charge is -2.16. The van der Waals surface area contributed by atoms with Crippen molar-refractivity contribution < 1.29 is 0 Å². The highest BCUT2D eigenvalue weighted by Crippen LogP contribution is 2.30. The van der Waals surface area contributed by atoms with Gasteiger partial charge in [0, 0.05) is 5.69 Å². The van der Waals surface area contributed by atoms with Gasteiger partial charge in [-0.1, -0.05) is 18.6 Å². The Morgan fingerprint density at radius 1 is 1.00 bits per heavy atom. The molecule has 0 heterocycles. The molecule has 16 heavy (non-hydrogen) atoms. The standard InChI is InChI=1S/C15H23N/c1-7-9(2)8-14-11(4)10(3)12(5)15(16)13(14)6/h8H,7,16H2,1-6H3/b9-8+. The van der Waals surface area contributed by atoms with Crippen LogP contribution in [0.15, 0.2) is 5.57 Å². The molecule has 0 amide bonds. The quantitative estimate of drug-likeness (QED) is 0.734. The Morgan fingerprint density at radius 2 is 1.56 bits per heavy atom. The Morgan fingerprint density at radius 3 is 2.06 bits per heavy atom. The van der Waals surface area contributed by atoms with E-state index in [1.165, 1.54) is 33.4 Å². The molecule has 1 rings (SSSR count). The molecule has 1 heteroatoms. The first-order valence-corrected chi connectivity index (χ1v) is 5.93. The van der Waals surface area contributed by atoms with Crippen molar-refractivity contribution in [1.29, 1.82) is 0 Å². The van der Waals surface area contributed by atoms with E-state index in [4.69, 9.17) is 5.73 Å². The largest absolute Gasteiger partial charge is 0.398 e. The molecule has 1 nitrogen and oxygen atoms in total. The SMILES string of the molecule is CC/C(C)=C/c1c(C)c(C)c(C)c(N)c1C. The fourth-order valence-corrected chi connectivity index (χ4v) is 1.96. The van der Waals surface area contributed by atoms with Gasteiger partial charge < -0.3 is 5.73 Å². The summed E-state index contributed by atoms with van der Waals surface area (Å²) in [6.45, 7) is 12.9. The first-order chi connectivity index (χ1) is 7.40. The summed E-state index contributed by atoms with van der Waals surface area (Å²) in [6.07, 6.45) is 3.36. The molecule has 0 spiro atoms. The van der Waals surface area contributed by atoms with E-state index in [-0.39, 0.29) is 0 Å². The molecule has 0 aliphatic carbocycles. The van der Waals surface area contributed by atoms with Crippen LogP contribution in [0, 0.1) is 27.7 Å². The van der Waals surface area contributed by atoms with Gasteiger partial charge >= 0.3 is 0 Å². The van der Waals surface area contributed by atoms with Crippen LogP contribution >= 0.6 is 0 Å². The van der Waals surface area contributed by atoms with E-state index in [0.717, 1.165) is 12.1 Å². The maximum absolute atomic E-state index is 6.14. The van der Waals surface area contributed by atoms with Gasteiger partial charge in [0.1, 0.15) is 0 Å². The molecule has 0 aliphatic rings. The van der Waals surface area contributed by atoms with Crippen molar-refractivity contribution in [3.8, 4) is 0 Å². The number of nitrogens with two attached hydrogens (primary N) is 1. The van der Waals surface area contributed by atoms with E-state index in [1.807, 2.05) is 0 Å². The molecule has 0 aromatic heterocycles. The Hall–Kier alpha value is -1.24. The zero-order chi connectivity index (χ0) is 12.5. The summed E-state index contributed by atoms with van der Waals surface area (Å²) in [5.41, 5.74) is 14.9. The molecule has 1 aromatic rings. The van der Waals surface area contributed by atoms with E-state index < -0.39 is 0 Å². The minimum Gasteiger partial charge on any atom is -0.398 e. The molecular formula is C15H23N. The lowest BCUT2D eigenvalue weighted by atomic mass is 9.91. The average Bonchev–Trinajstić information content (AvgIpc) is 2.29. The van der Waals surface area contributed by atoms with Gasteiger partial charge in [-0.05, 0) is 68.9 Å². The summed E-state index contributed by atoms with van der Waals surface area (Å²) >= 11 is 0. The molecule has 2 N–H and O–H groups in total. The topological polar surface area (TPSA) is 26.0 Å². The molecule has 0 radical (unpaired) electrons. The van der Waals surface area contributed by atoms with Gasteiger partial charge in [-0.2, -0.15) is 0 Å². The van der Waals surface area contributed by atoms with E-state index in [0.29, 0.717) is 0 Å². The fraction of sp³-hybridized carbons (Fsp3) is 0.467. The van der Waals surface area contributed by atoms with Crippen LogP contribution in [-0.4, -0.2) is 0 Å². The Kier molecular flexibility index (Phi) is 3.79. The average molecular weight is 217 g/mol. The number of hydrogen-bond acceptors (Lipinski definition) is 1. The number of benzene rings is 1. The van der Waals surface area contributed by atoms with Gasteiger partial charge in [-0.3, -0.25) is 0 Å². The normalized spacial score (nSPS) is 12.0. The Bertz CT molecular complexity index is 410. The van der Waals surface area contributed by atoms with Crippen molar-refractivity contribution in [1.82, 2.24) is 0 Å². The maximum Gasteiger partial charge on any atom is 0.0382 e. The predicted molar refractivity (Wildman–Crippen MR) is 73.7 cm³/mol. The molecular weight excluding hydrogens is 194 g/mol. The highest BCUT2D eigenvalue weighted by molar-refractivity contribution is 5.71. The maximum atomic E-state index is 6.14. The molecule has 88 valence electrons. The van der Waals surface area contributed by atoms with Gasteiger partial charge in [0.2, 0.25) is 0 Å². The van der Waals surface area contributed by atoms with Gasteiger partial charge in [0.05, 0.1) is 0 Å². The van der Waals surface area contributed by atoms with Gasteiger partial charge in [0.15, 0.2) is 0 Å². The zero-order valence-electron chi connectivity index (χ0n) is 11.4. The molecule has 0 fully saturated rings. The number of allylic oxidation sites excluding steroid dienone is 1.